The van der Waals surface area contributed by atoms with Crippen molar-refractivity contribution in [1.29, 1.82) is 0 Å². The summed E-state index contributed by atoms with van der Waals surface area (Å²) in [6.45, 7) is 1.95. The van der Waals surface area contributed by atoms with E-state index in [2.05, 4.69) is 0 Å². The van der Waals surface area contributed by atoms with E-state index in [1.165, 1.54) is 0 Å². The molecule has 4 rings (SSSR count). The molecule has 128 valence electrons. The average molecular weight is 353 g/mol. The Hall–Kier alpha value is -2.53. The van der Waals surface area contributed by atoms with Crippen LogP contribution in [0.25, 0.3) is 10.8 Å². The summed E-state index contributed by atoms with van der Waals surface area (Å²) in [5.41, 5.74) is 1.86. The van der Waals surface area contributed by atoms with Crippen LogP contribution in [0.5, 0.6) is 5.75 Å². The van der Waals surface area contributed by atoms with Gasteiger partial charge < -0.3 is 4.74 Å². The first-order chi connectivity index (χ1) is 12.0. The summed E-state index contributed by atoms with van der Waals surface area (Å²) in [6, 6.07) is 18.5. The summed E-state index contributed by atoms with van der Waals surface area (Å²) >= 11 is 0. The molecule has 0 unspecified atom stereocenters. The van der Waals surface area contributed by atoms with Crippen LogP contribution < -0.4 is 9.04 Å². The molecule has 1 aliphatic rings. The minimum absolute atomic E-state index is 0.0889. The van der Waals surface area contributed by atoms with Crippen LogP contribution in [0.4, 0.5) is 5.69 Å². The van der Waals surface area contributed by atoms with Crippen molar-refractivity contribution < 1.29 is 13.2 Å². The van der Waals surface area contributed by atoms with Crippen molar-refractivity contribution in [2.75, 3.05) is 11.4 Å². The Morgan fingerprint density at radius 3 is 2.52 bits per heavy atom. The SMILES string of the molecule is COc1ccc2cc(S(=O)(=O)N3c4ccccc4C[C@@H]3C)ccc2c1. The number of nitrogens with zero attached hydrogens (tertiary/aromatic N) is 1. The molecule has 0 N–H and O–H groups in total. The topological polar surface area (TPSA) is 46.6 Å². The van der Waals surface area contributed by atoms with E-state index in [1.807, 2.05) is 55.5 Å². The lowest BCUT2D eigenvalue weighted by Crippen LogP contribution is -2.35. The molecule has 1 heterocycles. The van der Waals surface area contributed by atoms with E-state index >= 15 is 0 Å². The van der Waals surface area contributed by atoms with Gasteiger partial charge in [0.2, 0.25) is 0 Å². The lowest BCUT2D eigenvalue weighted by molar-refractivity contribution is 0.415. The van der Waals surface area contributed by atoms with Gasteiger partial charge in [-0.25, -0.2) is 8.42 Å². The van der Waals surface area contributed by atoms with Crippen molar-refractivity contribution in [3.05, 3.63) is 66.2 Å². The van der Waals surface area contributed by atoms with Crippen molar-refractivity contribution in [1.82, 2.24) is 0 Å². The van der Waals surface area contributed by atoms with Gasteiger partial charge in [-0.15, -0.1) is 0 Å². The number of benzene rings is 3. The third-order valence-electron chi connectivity index (χ3n) is 4.72. The Labute approximate surface area is 147 Å². The Kier molecular flexibility index (Phi) is 3.69. The predicted molar refractivity (Wildman–Crippen MR) is 99.8 cm³/mol. The largest absolute Gasteiger partial charge is 0.497 e. The molecule has 25 heavy (non-hydrogen) atoms. The third kappa shape index (κ3) is 2.55. The zero-order chi connectivity index (χ0) is 17.6. The number of ether oxygens (including phenoxy) is 1. The highest BCUT2D eigenvalue weighted by molar-refractivity contribution is 7.92. The lowest BCUT2D eigenvalue weighted by atomic mass is 10.1. The highest BCUT2D eigenvalue weighted by Gasteiger charge is 2.35. The first kappa shape index (κ1) is 16.0. The van der Waals surface area contributed by atoms with Crippen molar-refractivity contribution in [3.8, 4) is 5.75 Å². The molecular weight excluding hydrogens is 334 g/mol. The number of fused-ring (bicyclic) bond motifs is 2. The highest BCUT2D eigenvalue weighted by Crippen LogP contribution is 2.37. The fourth-order valence-corrected chi connectivity index (χ4v) is 5.23. The quantitative estimate of drug-likeness (QED) is 0.715. The van der Waals surface area contributed by atoms with Crippen LogP contribution >= 0.6 is 0 Å². The van der Waals surface area contributed by atoms with Gasteiger partial charge in [0, 0.05) is 6.04 Å². The maximum Gasteiger partial charge on any atom is 0.264 e. The second-order valence-electron chi connectivity index (χ2n) is 6.36. The van der Waals surface area contributed by atoms with Crippen molar-refractivity contribution in [2.45, 2.75) is 24.3 Å². The first-order valence-corrected chi connectivity index (χ1v) is 9.65. The molecule has 0 aliphatic carbocycles. The number of anilines is 1. The van der Waals surface area contributed by atoms with E-state index in [-0.39, 0.29) is 6.04 Å². The first-order valence-electron chi connectivity index (χ1n) is 8.21. The fourth-order valence-electron chi connectivity index (χ4n) is 3.51. The standard InChI is InChI=1S/C20H19NO3S/c1-14-11-17-5-3-4-6-20(17)21(14)25(22,23)19-10-8-15-12-18(24-2)9-7-16(15)13-19/h3-10,12-14H,11H2,1-2H3/t14-/m0/s1. The van der Waals surface area contributed by atoms with Crippen LogP contribution in [0.2, 0.25) is 0 Å². The van der Waals surface area contributed by atoms with Gasteiger partial charge in [0.15, 0.2) is 0 Å². The van der Waals surface area contributed by atoms with Gasteiger partial charge in [-0.1, -0.05) is 30.3 Å². The monoisotopic (exact) mass is 353 g/mol. The van der Waals surface area contributed by atoms with E-state index in [1.54, 1.807) is 23.5 Å². The Morgan fingerprint density at radius 1 is 1.00 bits per heavy atom. The van der Waals surface area contributed by atoms with Crippen LogP contribution in [0.15, 0.2) is 65.6 Å². The molecule has 0 bridgehead atoms. The summed E-state index contributed by atoms with van der Waals surface area (Å²) < 4.78 is 33.3. The van der Waals surface area contributed by atoms with Gasteiger partial charge in [0.25, 0.3) is 10.0 Å². The molecule has 0 saturated heterocycles. The molecule has 0 radical (unpaired) electrons. The summed E-state index contributed by atoms with van der Waals surface area (Å²) in [5.74, 6) is 0.755. The second-order valence-corrected chi connectivity index (χ2v) is 8.17. The van der Waals surface area contributed by atoms with E-state index in [0.717, 1.165) is 34.2 Å². The van der Waals surface area contributed by atoms with E-state index < -0.39 is 10.0 Å². The maximum atomic E-state index is 13.3. The summed E-state index contributed by atoms with van der Waals surface area (Å²) in [4.78, 5) is 0.314. The number of methoxy groups -OCH3 is 1. The normalized spacial score (nSPS) is 16.9. The van der Waals surface area contributed by atoms with Crippen LogP contribution in [-0.4, -0.2) is 21.6 Å². The molecule has 0 spiro atoms. The Balaban J connectivity index is 1.82. The van der Waals surface area contributed by atoms with Crippen LogP contribution in [0.1, 0.15) is 12.5 Å². The number of hydrogen-bond acceptors (Lipinski definition) is 3. The van der Waals surface area contributed by atoms with E-state index in [4.69, 9.17) is 4.74 Å². The molecule has 0 fully saturated rings. The van der Waals surface area contributed by atoms with Gasteiger partial charge in [-0.05, 0) is 60.0 Å². The van der Waals surface area contributed by atoms with Crippen molar-refractivity contribution >= 4 is 26.5 Å². The second kappa shape index (κ2) is 5.77. The number of para-hydroxylation sites is 1. The van der Waals surface area contributed by atoms with Gasteiger partial charge in [-0.3, -0.25) is 4.31 Å². The molecule has 5 heteroatoms. The summed E-state index contributed by atoms with van der Waals surface area (Å²) in [6.07, 6.45) is 0.736. The zero-order valence-corrected chi connectivity index (χ0v) is 15.0. The third-order valence-corrected chi connectivity index (χ3v) is 6.64. The number of sulfonamides is 1. The van der Waals surface area contributed by atoms with Gasteiger partial charge >= 0.3 is 0 Å². The molecule has 0 amide bonds. The molecule has 3 aromatic carbocycles. The van der Waals surface area contributed by atoms with E-state index in [9.17, 15) is 8.42 Å². The Bertz CT molecular complexity index is 1060. The minimum Gasteiger partial charge on any atom is -0.497 e. The fraction of sp³-hybridized carbons (Fsp3) is 0.200. The number of rotatable bonds is 3. The molecule has 0 aromatic heterocycles. The highest BCUT2D eigenvalue weighted by atomic mass is 32.2. The Morgan fingerprint density at radius 2 is 1.72 bits per heavy atom. The molecule has 3 aromatic rings. The van der Waals surface area contributed by atoms with Crippen LogP contribution in [-0.2, 0) is 16.4 Å². The predicted octanol–water partition coefficient (Wildman–Crippen LogP) is 3.99. The van der Waals surface area contributed by atoms with Crippen molar-refractivity contribution in [2.24, 2.45) is 0 Å². The molecule has 0 saturated carbocycles. The summed E-state index contributed by atoms with van der Waals surface area (Å²) in [5, 5.41) is 1.83. The van der Waals surface area contributed by atoms with Gasteiger partial charge in [0.1, 0.15) is 5.75 Å². The lowest BCUT2D eigenvalue weighted by Gasteiger charge is -2.24. The van der Waals surface area contributed by atoms with Gasteiger partial charge in [-0.2, -0.15) is 0 Å². The smallest absolute Gasteiger partial charge is 0.264 e. The molecule has 4 nitrogen and oxygen atoms in total. The summed E-state index contributed by atoms with van der Waals surface area (Å²) in [7, 11) is -1.99. The molecule has 1 aliphatic heterocycles. The van der Waals surface area contributed by atoms with E-state index in [0.29, 0.717) is 4.90 Å². The maximum absolute atomic E-state index is 13.3. The number of hydrogen-bond donors (Lipinski definition) is 0. The van der Waals surface area contributed by atoms with Gasteiger partial charge in [0.05, 0.1) is 17.7 Å². The molecular formula is C20H19NO3S. The van der Waals surface area contributed by atoms with Crippen LogP contribution in [0, 0.1) is 0 Å². The average Bonchev–Trinajstić information content (AvgIpc) is 2.97. The van der Waals surface area contributed by atoms with Crippen molar-refractivity contribution in [3.63, 3.8) is 0 Å². The van der Waals surface area contributed by atoms with Crippen LogP contribution in [0.3, 0.4) is 0 Å². The molecule has 1 atom stereocenters. The zero-order valence-electron chi connectivity index (χ0n) is 14.1. The minimum atomic E-state index is -3.61.